The number of nitrogens with two attached hydrogens (primary N) is 1. The number of carboxylic acids is 1. The van der Waals surface area contributed by atoms with Crippen molar-refractivity contribution in [1.82, 2.24) is 9.80 Å². The minimum Gasteiger partial charge on any atom is -0.508 e. The quantitative estimate of drug-likeness (QED) is 0.499. The topological polar surface area (TPSA) is 124 Å². The van der Waals surface area contributed by atoms with Gasteiger partial charge in [0.25, 0.3) is 0 Å². The van der Waals surface area contributed by atoms with Crippen LogP contribution in [0.5, 0.6) is 5.75 Å². The van der Waals surface area contributed by atoms with Crippen LogP contribution in [0.15, 0.2) is 47.2 Å². The molecule has 0 aliphatic carbocycles. The number of allylic oxidation sites excluding steroid dienone is 1. The number of hydrogen-bond acceptors (Lipinski definition) is 6. The summed E-state index contributed by atoms with van der Waals surface area (Å²) in [6.45, 7) is 0.947. The number of hydrogen-bond donors (Lipinski definition) is 3. The number of aliphatic carboxylic acids is 1. The van der Waals surface area contributed by atoms with Crippen molar-refractivity contribution >= 4 is 29.5 Å². The Kier molecular flexibility index (Phi) is 4.64. The fourth-order valence-corrected chi connectivity index (χ4v) is 4.89. The second-order valence-electron chi connectivity index (χ2n) is 6.93. The molecule has 9 heteroatoms. The van der Waals surface area contributed by atoms with E-state index in [1.54, 1.807) is 35.2 Å². The average Bonchev–Trinajstić information content (AvgIpc) is 3.02. The summed E-state index contributed by atoms with van der Waals surface area (Å²) in [6, 6.07) is 5.97. The van der Waals surface area contributed by atoms with Crippen LogP contribution in [0.4, 0.5) is 0 Å². The van der Waals surface area contributed by atoms with Gasteiger partial charge in [-0.1, -0.05) is 12.1 Å². The van der Waals surface area contributed by atoms with Crippen LogP contribution in [0.3, 0.4) is 0 Å². The molecule has 2 saturated heterocycles. The first kappa shape index (κ1) is 18.6. The van der Waals surface area contributed by atoms with Crippen LogP contribution >= 0.6 is 11.8 Å². The monoisotopic (exact) mass is 401 g/mol. The maximum atomic E-state index is 12.7. The van der Waals surface area contributed by atoms with Crippen LogP contribution in [0.2, 0.25) is 0 Å². The lowest BCUT2D eigenvalue weighted by Gasteiger charge is -2.47. The Morgan fingerprint density at radius 1 is 1.29 bits per heavy atom. The molecule has 0 saturated carbocycles. The number of nitrogens with zero attached hydrogens (tertiary/aromatic N) is 2. The van der Waals surface area contributed by atoms with Gasteiger partial charge in [0.2, 0.25) is 11.8 Å². The lowest BCUT2D eigenvalue weighted by Crippen LogP contribution is -2.68. The summed E-state index contributed by atoms with van der Waals surface area (Å²) in [5.41, 5.74) is 7.57. The van der Waals surface area contributed by atoms with Gasteiger partial charge in [0.1, 0.15) is 22.9 Å². The zero-order chi connectivity index (χ0) is 20.0. The first-order valence-electron chi connectivity index (χ1n) is 8.81. The van der Waals surface area contributed by atoms with Gasteiger partial charge in [-0.2, -0.15) is 0 Å². The molecule has 0 spiro atoms. The van der Waals surface area contributed by atoms with E-state index in [2.05, 4.69) is 0 Å². The predicted octanol–water partition coefficient (Wildman–Crippen LogP) is 0.632. The van der Waals surface area contributed by atoms with Gasteiger partial charge in [-0.25, -0.2) is 4.79 Å². The Bertz CT molecular complexity index is 924. The van der Waals surface area contributed by atoms with Gasteiger partial charge in [0, 0.05) is 24.4 Å². The summed E-state index contributed by atoms with van der Waals surface area (Å²) in [5, 5.41) is 18.6. The highest BCUT2D eigenvalue weighted by molar-refractivity contribution is 8.00. The van der Waals surface area contributed by atoms with E-state index in [4.69, 9.17) is 5.73 Å². The minimum absolute atomic E-state index is 0.0762. The summed E-state index contributed by atoms with van der Waals surface area (Å²) in [6.07, 6.45) is 2.12. The number of phenols is 1. The molecule has 4 N–H and O–H groups in total. The van der Waals surface area contributed by atoms with Crippen molar-refractivity contribution in [2.45, 2.75) is 24.4 Å². The third-order valence-electron chi connectivity index (χ3n) is 5.11. The van der Waals surface area contributed by atoms with E-state index in [9.17, 15) is 24.6 Å². The third-order valence-corrected chi connectivity index (χ3v) is 6.44. The van der Waals surface area contributed by atoms with Crippen LogP contribution < -0.4 is 5.73 Å². The van der Waals surface area contributed by atoms with Gasteiger partial charge in [0.05, 0.1) is 0 Å². The number of carbonyl (C=O) groups is 3. The summed E-state index contributed by atoms with van der Waals surface area (Å²) < 4.78 is 0. The Morgan fingerprint density at radius 3 is 2.68 bits per heavy atom. The minimum atomic E-state index is -1.19. The third kappa shape index (κ3) is 3.06. The van der Waals surface area contributed by atoms with E-state index < -0.39 is 17.9 Å². The highest BCUT2D eigenvalue weighted by Crippen LogP contribution is 2.40. The van der Waals surface area contributed by atoms with Gasteiger partial charge >= 0.3 is 5.97 Å². The summed E-state index contributed by atoms with van der Waals surface area (Å²) in [4.78, 5) is 39.4. The molecule has 0 unspecified atom stereocenters. The maximum absolute atomic E-state index is 12.7. The molecule has 3 heterocycles. The van der Waals surface area contributed by atoms with Crippen molar-refractivity contribution in [1.29, 1.82) is 0 Å². The molecule has 2 fully saturated rings. The van der Waals surface area contributed by atoms with Crippen molar-refractivity contribution < 1.29 is 24.6 Å². The normalized spacial score (nSPS) is 26.0. The van der Waals surface area contributed by atoms with Crippen molar-refractivity contribution in [3.63, 3.8) is 0 Å². The van der Waals surface area contributed by atoms with E-state index in [0.717, 1.165) is 5.56 Å². The summed E-state index contributed by atoms with van der Waals surface area (Å²) >= 11 is 1.41. The first-order valence-corrected chi connectivity index (χ1v) is 9.86. The molecule has 0 aromatic heterocycles. The fraction of sp³-hybridized carbons (Fsp3) is 0.316. The molecule has 28 heavy (non-hydrogen) atoms. The Labute approximate surface area is 165 Å². The summed E-state index contributed by atoms with van der Waals surface area (Å²) in [5.74, 6) is -1.19. The SMILES string of the molecule is N[C@@H]1C(=O)N2C(C(=O)O)=C(C=C3CCN(Cc4ccc(O)cc4)C3=O)CS[C@H]12. The summed E-state index contributed by atoms with van der Waals surface area (Å²) in [7, 11) is 0. The maximum Gasteiger partial charge on any atom is 0.352 e. The van der Waals surface area contributed by atoms with Crippen LogP contribution in [-0.4, -0.2) is 61.5 Å². The number of likely N-dealkylation sites (tertiary alicyclic amines) is 1. The second kappa shape index (κ2) is 6.99. The molecular formula is C19H19N3O5S. The van der Waals surface area contributed by atoms with E-state index in [-0.39, 0.29) is 22.7 Å². The highest BCUT2D eigenvalue weighted by Gasteiger charge is 2.51. The Hall–Kier alpha value is -2.78. The van der Waals surface area contributed by atoms with Crippen molar-refractivity contribution in [2.75, 3.05) is 12.3 Å². The van der Waals surface area contributed by atoms with Crippen LogP contribution in [-0.2, 0) is 20.9 Å². The van der Waals surface area contributed by atoms with E-state index in [0.29, 0.717) is 36.4 Å². The number of β-lactam (4-membered cyclic amide) rings is 1. The second-order valence-corrected chi connectivity index (χ2v) is 8.03. The smallest absolute Gasteiger partial charge is 0.352 e. The first-order chi connectivity index (χ1) is 13.4. The molecule has 2 atom stereocenters. The number of benzene rings is 1. The number of aromatic hydroxyl groups is 1. The van der Waals surface area contributed by atoms with Crippen molar-refractivity contribution in [3.8, 4) is 5.75 Å². The van der Waals surface area contributed by atoms with Crippen LogP contribution in [0, 0.1) is 0 Å². The van der Waals surface area contributed by atoms with Gasteiger partial charge in [-0.3, -0.25) is 14.5 Å². The number of carbonyl (C=O) groups excluding carboxylic acids is 2. The average molecular weight is 401 g/mol. The van der Waals surface area contributed by atoms with Crippen molar-refractivity contribution in [3.05, 3.63) is 52.7 Å². The van der Waals surface area contributed by atoms with Gasteiger partial charge < -0.3 is 20.8 Å². The van der Waals surface area contributed by atoms with Crippen LogP contribution in [0.1, 0.15) is 12.0 Å². The number of carboxylic acid groups (broad SMARTS) is 1. The van der Waals surface area contributed by atoms with Crippen LogP contribution in [0.25, 0.3) is 0 Å². The molecule has 1 aromatic rings. The number of rotatable bonds is 4. The molecule has 3 aliphatic rings. The zero-order valence-electron chi connectivity index (χ0n) is 14.9. The predicted molar refractivity (Wildman–Crippen MR) is 102 cm³/mol. The molecule has 0 radical (unpaired) electrons. The molecular weight excluding hydrogens is 382 g/mol. The molecule has 3 aliphatic heterocycles. The lowest BCUT2D eigenvalue weighted by molar-refractivity contribution is -0.147. The Balaban J connectivity index is 1.56. The zero-order valence-corrected chi connectivity index (χ0v) is 15.7. The van der Waals surface area contributed by atoms with Gasteiger partial charge in [-0.05, 0) is 35.8 Å². The van der Waals surface area contributed by atoms with Gasteiger partial charge in [-0.15, -0.1) is 11.8 Å². The van der Waals surface area contributed by atoms with E-state index >= 15 is 0 Å². The Morgan fingerprint density at radius 2 is 2.00 bits per heavy atom. The molecule has 4 rings (SSSR count). The highest BCUT2D eigenvalue weighted by atomic mass is 32.2. The molecule has 146 valence electrons. The lowest BCUT2D eigenvalue weighted by atomic mass is 10.0. The number of amides is 2. The molecule has 8 nitrogen and oxygen atoms in total. The largest absolute Gasteiger partial charge is 0.508 e. The molecule has 1 aromatic carbocycles. The number of thioether (sulfide) groups is 1. The van der Waals surface area contributed by atoms with Gasteiger partial charge in [0.15, 0.2) is 0 Å². The van der Waals surface area contributed by atoms with E-state index in [1.807, 2.05) is 0 Å². The van der Waals surface area contributed by atoms with E-state index in [1.165, 1.54) is 16.7 Å². The molecule has 2 amide bonds. The molecule has 0 bridgehead atoms. The number of phenolic OH excluding ortho intramolecular Hbond substituents is 1. The van der Waals surface area contributed by atoms with Crippen molar-refractivity contribution in [2.24, 2.45) is 5.73 Å². The fourth-order valence-electron chi connectivity index (χ4n) is 3.63. The standard InChI is InChI=1S/C19H19N3O5S/c20-14-17(25)22-15(19(26)27)12(9-28-18(14)22)7-11-5-6-21(16(11)24)8-10-1-3-13(23)4-2-10/h1-4,7,14,18,23H,5-6,8-9,20H2,(H,26,27)/t14-,18-/m1/s1. The number of fused-ring (bicyclic) bond motifs is 1.